The molecule has 0 saturated heterocycles. The average Bonchev–Trinajstić information content (AvgIpc) is 2.17. The summed E-state index contributed by atoms with van der Waals surface area (Å²) >= 11 is 0. The van der Waals surface area contributed by atoms with Crippen molar-refractivity contribution in [2.24, 2.45) is 15.3 Å². The summed E-state index contributed by atoms with van der Waals surface area (Å²) in [5.74, 6) is 0. The van der Waals surface area contributed by atoms with E-state index in [2.05, 4.69) is 30.1 Å². The minimum atomic E-state index is -1.55. The third kappa shape index (κ3) is 6.54. The van der Waals surface area contributed by atoms with Crippen LogP contribution < -0.4 is 0 Å². The van der Waals surface area contributed by atoms with Gasteiger partial charge in [-0.3, -0.25) is 0 Å². The van der Waals surface area contributed by atoms with E-state index < -0.39 is 8.80 Å². The molecule has 0 amide bonds. The summed E-state index contributed by atoms with van der Waals surface area (Å²) in [7, 11) is -1.55. The molecular weight excluding hydrogens is 190 g/mol. The van der Waals surface area contributed by atoms with Crippen LogP contribution in [0.15, 0.2) is 15.3 Å². The molecule has 9 nitrogen and oxygen atoms in total. The van der Waals surface area contributed by atoms with Crippen molar-refractivity contribution >= 4 is 8.80 Å². The van der Waals surface area contributed by atoms with Crippen LogP contribution in [0.25, 0.3) is 31.3 Å². The Morgan fingerprint density at radius 3 is 1.31 bits per heavy atom. The molecule has 0 aliphatic rings. The Labute approximate surface area is 74.8 Å². The van der Waals surface area contributed by atoms with Crippen LogP contribution in [0, 0.1) is 0 Å². The van der Waals surface area contributed by atoms with Gasteiger partial charge in [-0.1, -0.05) is 15.3 Å². The highest BCUT2D eigenvalue weighted by Gasteiger charge is 2.06. The van der Waals surface area contributed by atoms with E-state index in [-0.39, 0.29) is 0 Å². The van der Waals surface area contributed by atoms with Gasteiger partial charge in [0.15, 0.2) is 0 Å². The molecule has 0 heterocycles. The molecule has 0 saturated carbocycles. The largest absolute Gasteiger partial charge is 0.0972 e. The van der Waals surface area contributed by atoms with Gasteiger partial charge in [0.2, 0.25) is 0 Å². The molecule has 13 heavy (non-hydrogen) atoms. The molecule has 0 atom stereocenters. The molecule has 10 heteroatoms. The molecular formula is C3H7N9Si. The topological polar surface area (TPSA) is 146 Å². The Morgan fingerprint density at radius 2 is 1.08 bits per heavy atom. The van der Waals surface area contributed by atoms with Gasteiger partial charge in [-0.15, -0.1) is 0 Å². The molecule has 0 N–H and O–H groups in total. The minimum absolute atomic E-state index is 0.300. The normalized spacial score (nSPS) is 10.2. The Balaban J connectivity index is 4.07. The Kier molecular flexibility index (Phi) is 7.07. The van der Waals surface area contributed by atoms with Crippen LogP contribution in [0.3, 0.4) is 0 Å². The van der Waals surface area contributed by atoms with Crippen molar-refractivity contribution in [3.8, 4) is 0 Å². The minimum Gasteiger partial charge on any atom is -0.0972 e. The summed E-state index contributed by atoms with van der Waals surface area (Å²) in [6.45, 7) is 0. The van der Waals surface area contributed by atoms with Gasteiger partial charge >= 0.3 is 0 Å². The summed E-state index contributed by atoms with van der Waals surface area (Å²) in [5.41, 5.74) is 24.1. The smallest absolute Gasteiger partial charge is 0.0578 e. The van der Waals surface area contributed by atoms with Gasteiger partial charge in [-0.05, 0) is 16.6 Å². The van der Waals surface area contributed by atoms with E-state index in [4.69, 9.17) is 16.6 Å². The first-order valence-corrected chi connectivity index (χ1v) is 5.82. The Morgan fingerprint density at radius 1 is 0.769 bits per heavy atom. The Bertz CT molecular complexity index is 232. The maximum absolute atomic E-state index is 8.04. The molecule has 0 bridgehead atoms. The van der Waals surface area contributed by atoms with E-state index >= 15 is 0 Å². The van der Waals surface area contributed by atoms with Gasteiger partial charge < -0.3 is 0 Å². The summed E-state index contributed by atoms with van der Waals surface area (Å²) < 4.78 is 0. The molecule has 0 radical (unpaired) electrons. The van der Waals surface area contributed by atoms with Gasteiger partial charge in [0.05, 0.1) is 8.80 Å². The lowest BCUT2D eigenvalue weighted by Gasteiger charge is -2.03. The monoisotopic (exact) mass is 197 g/mol. The summed E-state index contributed by atoms with van der Waals surface area (Å²) in [6, 6.07) is 0. The molecule has 0 aliphatic heterocycles. The summed E-state index contributed by atoms with van der Waals surface area (Å²) in [6.07, 6.45) is 0.900. The SMILES string of the molecule is [N-]=[N+]=NC[SiH](CN=[N+]=[N-])CN=[N+]=[N-]. The van der Waals surface area contributed by atoms with Crippen molar-refractivity contribution in [3.63, 3.8) is 0 Å². The zero-order valence-electron chi connectivity index (χ0n) is 6.72. The highest BCUT2D eigenvalue weighted by Crippen LogP contribution is 1.89. The number of hydrogen-bond acceptors (Lipinski definition) is 3. The molecule has 0 aromatic carbocycles. The van der Waals surface area contributed by atoms with Crippen molar-refractivity contribution in [1.82, 2.24) is 0 Å². The second kappa shape index (κ2) is 8.25. The first kappa shape index (κ1) is 11.1. The van der Waals surface area contributed by atoms with E-state index in [1.807, 2.05) is 0 Å². The standard InChI is InChI=1S/C3H7N9Si/c4-10-7-1-13(2-8-11-5)3-9-12-6/h13H,1-3H2. The maximum Gasteiger partial charge on any atom is 0.0578 e. The Hall–Kier alpha value is -1.85. The van der Waals surface area contributed by atoms with E-state index in [1.165, 1.54) is 0 Å². The fourth-order valence-electron chi connectivity index (χ4n) is 0.629. The number of rotatable bonds is 6. The van der Waals surface area contributed by atoms with Crippen LogP contribution in [-0.4, -0.2) is 27.3 Å². The van der Waals surface area contributed by atoms with Gasteiger partial charge in [0.25, 0.3) is 0 Å². The lowest BCUT2D eigenvalue weighted by molar-refractivity contribution is 1.14. The van der Waals surface area contributed by atoms with E-state index in [0.717, 1.165) is 0 Å². The van der Waals surface area contributed by atoms with Crippen LogP contribution >= 0.6 is 0 Å². The quantitative estimate of drug-likeness (QED) is 0.264. The summed E-state index contributed by atoms with van der Waals surface area (Å²) in [5, 5.41) is 10.1. The van der Waals surface area contributed by atoms with E-state index in [0.29, 0.717) is 18.5 Å². The molecule has 0 aromatic rings. The van der Waals surface area contributed by atoms with Gasteiger partial charge in [-0.2, -0.15) is 0 Å². The predicted molar refractivity (Wildman–Crippen MR) is 49.2 cm³/mol. The van der Waals surface area contributed by atoms with Gasteiger partial charge in [-0.25, -0.2) is 0 Å². The molecule has 0 fully saturated rings. The second-order valence-electron chi connectivity index (χ2n) is 2.11. The highest BCUT2D eigenvalue weighted by atomic mass is 28.3. The molecule has 0 spiro atoms. The van der Waals surface area contributed by atoms with Crippen LogP contribution in [-0.2, 0) is 0 Å². The highest BCUT2D eigenvalue weighted by molar-refractivity contribution is 6.59. The van der Waals surface area contributed by atoms with Gasteiger partial charge in [0, 0.05) is 33.2 Å². The molecule has 0 aromatic heterocycles. The van der Waals surface area contributed by atoms with Crippen molar-refractivity contribution in [2.45, 2.75) is 0 Å². The molecule has 0 unspecified atom stereocenters. The maximum atomic E-state index is 8.04. The molecule has 68 valence electrons. The van der Waals surface area contributed by atoms with Crippen LogP contribution in [0.1, 0.15) is 0 Å². The van der Waals surface area contributed by atoms with Crippen LogP contribution in [0.4, 0.5) is 0 Å². The van der Waals surface area contributed by atoms with Crippen molar-refractivity contribution in [1.29, 1.82) is 0 Å². The van der Waals surface area contributed by atoms with E-state index in [9.17, 15) is 0 Å². The van der Waals surface area contributed by atoms with Crippen molar-refractivity contribution in [2.75, 3.05) is 18.5 Å². The van der Waals surface area contributed by atoms with E-state index in [1.54, 1.807) is 0 Å². The van der Waals surface area contributed by atoms with Crippen molar-refractivity contribution in [3.05, 3.63) is 31.3 Å². The average molecular weight is 197 g/mol. The number of azide groups is 3. The fourth-order valence-corrected chi connectivity index (χ4v) is 1.89. The van der Waals surface area contributed by atoms with Crippen LogP contribution in [0.2, 0.25) is 0 Å². The lowest BCUT2D eigenvalue weighted by Crippen LogP contribution is -2.25. The number of nitrogens with zero attached hydrogens (tertiary/aromatic N) is 9. The zero-order valence-corrected chi connectivity index (χ0v) is 7.88. The number of hydrogen-bond donors (Lipinski definition) is 0. The first-order valence-electron chi connectivity index (χ1n) is 3.37. The zero-order chi connectivity index (χ0) is 9.94. The predicted octanol–water partition coefficient (Wildman–Crippen LogP) is 1.76. The molecule has 0 rings (SSSR count). The fraction of sp³-hybridized carbons (Fsp3) is 1.00. The third-order valence-electron chi connectivity index (χ3n) is 1.21. The first-order chi connectivity index (χ1) is 6.35. The third-order valence-corrected chi connectivity index (χ3v) is 3.25. The van der Waals surface area contributed by atoms with Gasteiger partial charge in [0.1, 0.15) is 0 Å². The summed E-state index contributed by atoms with van der Waals surface area (Å²) in [4.78, 5) is 7.75. The second-order valence-corrected chi connectivity index (χ2v) is 4.93. The van der Waals surface area contributed by atoms with Crippen molar-refractivity contribution < 1.29 is 0 Å². The molecule has 0 aliphatic carbocycles. The van der Waals surface area contributed by atoms with Crippen LogP contribution in [0.5, 0.6) is 0 Å². The lowest BCUT2D eigenvalue weighted by atomic mass is 11.4.